The molecule has 20 heavy (non-hydrogen) atoms. The summed E-state index contributed by atoms with van der Waals surface area (Å²) in [6, 6.07) is 17.1. The van der Waals surface area contributed by atoms with Gasteiger partial charge in [-0.1, -0.05) is 36.4 Å². The largest absolute Gasteiger partial charge is 0.398 e. The first kappa shape index (κ1) is 12.3. The van der Waals surface area contributed by atoms with Crippen molar-refractivity contribution in [2.45, 2.75) is 6.54 Å². The molecular formula is C16H15N3O. The number of nitrogens with two attached hydrogens (primary N) is 1. The van der Waals surface area contributed by atoms with Gasteiger partial charge in [-0.3, -0.25) is 4.79 Å². The SMILES string of the molecule is Nc1ccccc1CNC(=O)c1cc2ccccc2[nH]1. The third-order valence-corrected chi connectivity index (χ3v) is 3.27. The van der Waals surface area contributed by atoms with Crippen LogP contribution in [0.3, 0.4) is 0 Å². The number of hydrogen-bond acceptors (Lipinski definition) is 2. The van der Waals surface area contributed by atoms with Crippen LogP contribution in [0.25, 0.3) is 10.9 Å². The lowest BCUT2D eigenvalue weighted by Gasteiger charge is -2.06. The van der Waals surface area contributed by atoms with E-state index in [1.807, 2.05) is 54.6 Å². The summed E-state index contributed by atoms with van der Waals surface area (Å²) in [4.78, 5) is 15.2. The Morgan fingerprint density at radius 2 is 1.85 bits per heavy atom. The van der Waals surface area contributed by atoms with E-state index in [1.165, 1.54) is 0 Å². The van der Waals surface area contributed by atoms with Gasteiger partial charge in [0, 0.05) is 23.1 Å². The number of benzene rings is 2. The lowest BCUT2D eigenvalue weighted by Crippen LogP contribution is -2.23. The maximum Gasteiger partial charge on any atom is 0.267 e. The molecule has 0 bridgehead atoms. The van der Waals surface area contributed by atoms with Crippen molar-refractivity contribution in [3.8, 4) is 0 Å². The standard InChI is InChI=1S/C16H15N3O/c17-13-7-3-1-6-12(13)10-18-16(20)15-9-11-5-2-4-8-14(11)19-15/h1-9,19H,10,17H2,(H,18,20). The number of hydrogen-bond donors (Lipinski definition) is 3. The van der Waals surface area contributed by atoms with E-state index in [4.69, 9.17) is 5.73 Å². The van der Waals surface area contributed by atoms with Crippen LogP contribution in [0.4, 0.5) is 5.69 Å². The highest BCUT2D eigenvalue weighted by atomic mass is 16.1. The Kier molecular flexibility index (Phi) is 3.13. The van der Waals surface area contributed by atoms with Crippen molar-refractivity contribution in [2.75, 3.05) is 5.73 Å². The molecule has 0 aliphatic carbocycles. The fourth-order valence-electron chi connectivity index (χ4n) is 2.16. The molecule has 1 aromatic heterocycles. The van der Waals surface area contributed by atoms with Gasteiger partial charge in [-0.15, -0.1) is 0 Å². The fraction of sp³-hybridized carbons (Fsp3) is 0.0625. The summed E-state index contributed by atoms with van der Waals surface area (Å²) in [7, 11) is 0. The van der Waals surface area contributed by atoms with Gasteiger partial charge in [0.15, 0.2) is 0 Å². The molecule has 0 aliphatic rings. The first-order valence-corrected chi connectivity index (χ1v) is 6.43. The monoisotopic (exact) mass is 265 g/mol. The number of nitrogen functional groups attached to an aromatic ring is 1. The van der Waals surface area contributed by atoms with E-state index in [9.17, 15) is 4.79 Å². The normalized spacial score (nSPS) is 10.6. The number of nitrogens with one attached hydrogen (secondary N) is 2. The molecule has 0 atom stereocenters. The second kappa shape index (κ2) is 5.09. The minimum atomic E-state index is -0.135. The van der Waals surface area contributed by atoms with Gasteiger partial charge in [0.1, 0.15) is 5.69 Å². The molecule has 3 rings (SSSR count). The van der Waals surface area contributed by atoms with Gasteiger partial charge in [0.05, 0.1) is 0 Å². The Balaban J connectivity index is 1.75. The van der Waals surface area contributed by atoms with Gasteiger partial charge in [-0.05, 0) is 23.8 Å². The number of aromatic amines is 1. The zero-order valence-electron chi connectivity index (χ0n) is 10.9. The molecule has 3 aromatic rings. The van der Waals surface area contributed by atoms with Crippen molar-refractivity contribution in [1.82, 2.24) is 10.3 Å². The highest BCUT2D eigenvalue weighted by Gasteiger charge is 2.09. The minimum absolute atomic E-state index is 0.135. The van der Waals surface area contributed by atoms with Gasteiger partial charge in [0.25, 0.3) is 5.91 Å². The van der Waals surface area contributed by atoms with E-state index in [0.29, 0.717) is 17.9 Å². The molecule has 0 unspecified atom stereocenters. The number of rotatable bonds is 3. The first-order valence-electron chi connectivity index (χ1n) is 6.43. The van der Waals surface area contributed by atoms with Crippen molar-refractivity contribution in [2.24, 2.45) is 0 Å². The molecule has 4 heteroatoms. The number of carbonyl (C=O) groups is 1. The zero-order chi connectivity index (χ0) is 13.9. The fourth-order valence-corrected chi connectivity index (χ4v) is 2.16. The van der Waals surface area contributed by atoms with Crippen molar-refractivity contribution < 1.29 is 4.79 Å². The molecule has 100 valence electrons. The van der Waals surface area contributed by atoms with Crippen LogP contribution in [0, 0.1) is 0 Å². The number of para-hydroxylation sites is 2. The Bertz CT molecular complexity index is 728. The molecule has 0 radical (unpaired) electrons. The van der Waals surface area contributed by atoms with Crippen LogP contribution in [0.1, 0.15) is 16.1 Å². The molecule has 1 heterocycles. The summed E-state index contributed by atoms with van der Waals surface area (Å²) in [5.41, 5.74) is 8.96. The van der Waals surface area contributed by atoms with Crippen LogP contribution in [-0.2, 0) is 6.54 Å². The van der Waals surface area contributed by atoms with E-state index >= 15 is 0 Å². The number of carbonyl (C=O) groups excluding carboxylic acids is 1. The average molecular weight is 265 g/mol. The van der Waals surface area contributed by atoms with Gasteiger partial charge in [-0.2, -0.15) is 0 Å². The Morgan fingerprint density at radius 3 is 2.65 bits per heavy atom. The van der Waals surface area contributed by atoms with E-state index in [1.54, 1.807) is 0 Å². The third kappa shape index (κ3) is 2.36. The Hall–Kier alpha value is -2.75. The zero-order valence-corrected chi connectivity index (χ0v) is 10.9. The van der Waals surface area contributed by atoms with Crippen LogP contribution >= 0.6 is 0 Å². The molecule has 0 spiro atoms. The number of amides is 1. The number of H-pyrrole nitrogens is 1. The minimum Gasteiger partial charge on any atom is -0.398 e. The van der Waals surface area contributed by atoms with Gasteiger partial charge in [-0.25, -0.2) is 0 Å². The average Bonchev–Trinajstić information content (AvgIpc) is 2.90. The summed E-state index contributed by atoms with van der Waals surface area (Å²) in [6.07, 6.45) is 0. The molecule has 4 N–H and O–H groups in total. The number of fused-ring (bicyclic) bond motifs is 1. The molecule has 1 amide bonds. The topological polar surface area (TPSA) is 70.9 Å². The maximum absolute atomic E-state index is 12.1. The molecular weight excluding hydrogens is 250 g/mol. The van der Waals surface area contributed by atoms with Crippen LogP contribution < -0.4 is 11.1 Å². The van der Waals surface area contributed by atoms with E-state index in [2.05, 4.69) is 10.3 Å². The van der Waals surface area contributed by atoms with Gasteiger partial charge < -0.3 is 16.0 Å². The predicted octanol–water partition coefficient (Wildman–Crippen LogP) is 2.68. The second-order valence-electron chi connectivity index (χ2n) is 4.65. The molecule has 0 fully saturated rings. The van der Waals surface area contributed by atoms with Crippen molar-refractivity contribution in [1.29, 1.82) is 0 Å². The van der Waals surface area contributed by atoms with Gasteiger partial charge in [0.2, 0.25) is 0 Å². The summed E-state index contributed by atoms with van der Waals surface area (Å²) in [5.74, 6) is -0.135. The quantitative estimate of drug-likeness (QED) is 0.637. The lowest BCUT2D eigenvalue weighted by atomic mass is 10.2. The van der Waals surface area contributed by atoms with Crippen LogP contribution in [0.15, 0.2) is 54.6 Å². The molecule has 0 saturated carbocycles. The Labute approximate surface area is 116 Å². The van der Waals surface area contributed by atoms with Crippen LogP contribution in [-0.4, -0.2) is 10.9 Å². The molecule has 4 nitrogen and oxygen atoms in total. The van der Waals surface area contributed by atoms with E-state index in [0.717, 1.165) is 16.5 Å². The highest BCUT2D eigenvalue weighted by molar-refractivity contribution is 5.97. The maximum atomic E-state index is 12.1. The second-order valence-corrected chi connectivity index (χ2v) is 4.65. The van der Waals surface area contributed by atoms with E-state index in [-0.39, 0.29) is 5.91 Å². The first-order chi connectivity index (χ1) is 9.74. The van der Waals surface area contributed by atoms with Crippen LogP contribution in [0.2, 0.25) is 0 Å². The Morgan fingerprint density at radius 1 is 1.10 bits per heavy atom. The molecule has 0 aliphatic heterocycles. The lowest BCUT2D eigenvalue weighted by molar-refractivity contribution is 0.0947. The summed E-state index contributed by atoms with van der Waals surface area (Å²) in [6.45, 7) is 0.418. The number of aromatic nitrogens is 1. The summed E-state index contributed by atoms with van der Waals surface area (Å²) in [5, 5.41) is 3.89. The smallest absolute Gasteiger partial charge is 0.267 e. The van der Waals surface area contributed by atoms with Gasteiger partial charge >= 0.3 is 0 Å². The highest BCUT2D eigenvalue weighted by Crippen LogP contribution is 2.15. The predicted molar refractivity (Wildman–Crippen MR) is 80.3 cm³/mol. The summed E-state index contributed by atoms with van der Waals surface area (Å²) >= 11 is 0. The van der Waals surface area contributed by atoms with E-state index < -0.39 is 0 Å². The molecule has 2 aromatic carbocycles. The van der Waals surface area contributed by atoms with Crippen LogP contribution in [0.5, 0.6) is 0 Å². The van der Waals surface area contributed by atoms with Crippen molar-refractivity contribution in [3.05, 3.63) is 65.9 Å². The van der Waals surface area contributed by atoms with Crippen molar-refractivity contribution in [3.63, 3.8) is 0 Å². The van der Waals surface area contributed by atoms with Crippen molar-refractivity contribution >= 4 is 22.5 Å². The third-order valence-electron chi connectivity index (χ3n) is 3.27. The number of anilines is 1. The molecule has 0 saturated heterocycles. The summed E-state index contributed by atoms with van der Waals surface area (Å²) < 4.78 is 0.